The number of amides is 2. The summed E-state index contributed by atoms with van der Waals surface area (Å²) in [7, 11) is 0. The molecule has 3 fully saturated rings. The van der Waals surface area contributed by atoms with E-state index in [0.29, 0.717) is 43.6 Å². The van der Waals surface area contributed by atoms with Crippen molar-refractivity contribution in [1.82, 2.24) is 9.80 Å². The first-order valence-corrected chi connectivity index (χ1v) is 10.6. The summed E-state index contributed by atoms with van der Waals surface area (Å²) in [6, 6.07) is 5.94. The molecule has 2 N–H and O–H groups in total. The Hall–Kier alpha value is -1.95. The van der Waals surface area contributed by atoms with E-state index in [1.165, 1.54) is 30.7 Å². The highest BCUT2D eigenvalue weighted by Gasteiger charge is 2.41. The highest BCUT2D eigenvalue weighted by Crippen LogP contribution is 2.42. The minimum Gasteiger partial charge on any atom is -0.341 e. The van der Waals surface area contributed by atoms with Crippen LogP contribution in [0.3, 0.4) is 0 Å². The summed E-state index contributed by atoms with van der Waals surface area (Å²) in [6.07, 6.45) is 6.17. The number of rotatable bonds is 2. The molecule has 0 radical (unpaired) electrons. The van der Waals surface area contributed by atoms with Crippen molar-refractivity contribution in [1.29, 1.82) is 0 Å². The Balaban J connectivity index is 1.36. The number of benzene rings is 1. The number of nitrogens with two attached hydrogens (primary N) is 1. The van der Waals surface area contributed by atoms with Crippen molar-refractivity contribution in [2.45, 2.75) is 44.6 Å². The van der Waals surface area contributed by atoms with Crippen molar-refractivity contribution < 1.29 is 14.0 Å². The van der Waals surface area contributed by atoms with Crippen LogP contribution < -0.4 is 5.73 Å². The second-order valence-electron chi connectivity index (χ2n) is 8.67. The zero-order chi connectivity index (χ0) is 19.7. The van der Waals surface area contributed by atoms with Crippen molar-refractivity contribution in [3.63, 3.8) is 0 Å². The van der Waals surface area contributed by atoms with Gasteiger partial charge in [-0.1, -0.05) is 6.42 Å². The summed E-state index contributed by atoms with van der Waals surface area (Å²) in [4.78, 5) is 29.6. The van der Waals surface area contributed by atoms with Gasteiger partial charge in [-0.15, -0.1) is 0 Å². The van der Waals surface area contributed by atoms with Crippen molar-refractivity contribution in [2.75, 3.05) is 26.2 Å². The smallest absolute Gasteiger partial charge is 0.253 e. The number of fused-ring (bicyclic) bond motifs is 2. The Morgan fingerprint density at radius 2 is 1.50 bits per heavy atom. The van der Waals surface area contributed by atoms with Crippen molar-refractivity contribution in [2.24, 2.45) is 23.5 Å². The maximum atomic E-state index is 13.2. The maximum Gasteiger partial charge on any atom is 0.253 e. The number of carbonyl (C=O) groups is 2. The molecule has 6 heteroatoms. The zero-order valence-electron chi connectivity index (χ0n) is 16.4. The van der Waals surface area contributed by atoms with Crippen LogP contribution in [-0.2, 0) is 4.79 Å². The van der Waals surface area contributed by atoms with Crippen LogP contribution in [0.15, 0.2) is 24.3 Å². The molecule has 1 aromatic rings. The lowest BCUT2D eigenvalue weighted by atomic mass is 9.65. The number of halogens is 1. The minimum absolute atomic E-state index is 0.0903. The predicted molar refractivity (Wildman–Crippen MR) is 105 cm³/mol. The van der Waals surface area contributed by atoms with Gasteiger partial charge in [-0.3, -0.25) is 9.59 Å². The lowest BCUT2D eigenvalue weighted by Gasteiger charge is -2.44. The van der Waals surface area contributed by atoms with Gasteiger partial charge in [-0.25, -0.2) is 4.39 Å². The fourth-order valence-corrected chi connectivity index (χ4v) is 5.36. The first kappa shape index (κ1) is 19.4. The van der Waals surface area contributed by atoms with E-state index in [1.54, 1.807) is 4.90 Å². The van der Waals surface area contributed by atoms with Gasteiger partial charge in [0.25, 0.3) is 5.91 Å². The molecule has 2 amide bonds. The molecule has 28 heavy (non-hydrogen) atoms. The molecule has 5 nitrogen and oxygen atoms in total. The van der Waals surface area contributed by atoms with E-state index in [2.05, 4.69) is 0 Å². The molecule has 2 atom stereocenters. The molecule has 2 saturated carbocycles. The van der Waals surface area contributed by atoms with Crippen molar-refractivity contribution in [3.8, 4) is 0 Å². The molecule has 0 spiro atoms. The van der Waals surface area contributed by atoms with Crippen LogP contribution in [0.4, 0.5) is 4.39 Å². The Kier molecular flexibility index (Phi) is 5.67. The van der Waals surface area contributed by atoms with Crippen molar-refractivity contribution in [3.05, 3.63) is 35.6 Å². The van der Waals surface area contributed by atoms with Crippen molar-refractivity contribution >= 4 is 11.8 Å². The molecular formula is C22H30FN3O2. The van der Waals surface area contributed by atoms with Crippen LogP contribution in [0.2, 0.25) is 0 Å². The van der Waals surface area contributed by atoms with Gasteiger partial charge in [-0.05, 0) is 68.2 Å². The summed E-state index contributed by atoms with van der Waals surface area (Å²) in [6.45, 7) is 2.43. The largest absolute Gasteiger partial charge is 0.341 e. The predicted octanol–water partition coefficient (Wildman–Crippen LogP) is 2.65. The molecule has 2 bridgehead atoms. The summed E-state index contributed by atoms with van der Waals surface area (Å²) >= 11 is 0. The molecule has 4 rings (SSSR count). The molecule has 152 valence electrons. The summed E-state index contributed by atoms with van der Waals surface area (Å²) < 4.78 is 13.1. The van der Waals surface area contributed by atoms with E-state index in [4.69, 9.17) is 5.73 Å². The van der Waals surface area contributed by atoms with Gasteiger partial charge < -0.3 is 15.5 Å². The van der Waals surface area contributed by atoms with Gasteiger partial charge in [0.1, 0.15) is 5.82 Å². The van der Waals surface area contributed by atoms with E-state index in [1.807, 2.05) is 4.90 Å². The van der Waals surface area contributed by atoms with Gasteiger partial charge in [-0.2, -0.15) is 0 Å². The third kappa shape index (κ3) is 3.93. The molecule has 2 aliphatic carbocycles. The highest BCUT2D eigenvalue weighted by atomic mass is 19.1. The third-order valence-electron chi connectivity index (χ3n) is 6.95. The van der Waals surface area contributed by atoms with Gasteiger partial charge >= 0.3 is 0 Å². The van der Waals surface area contributed by atoms with Crippen LogP contribution in [0.1, 0.15) is 48.9 Å². The number of nitrogens with zero attached hydrogens (tertiary/aromatic N) is 2. The maximum absolute atomic E-state index is 13.2. The quantitative estimate of drug-likeness (QED) is 0.848. The fourth-order valence-electron chi connectivity index (χ4n) is 5.36. The average Bonchev–Trinajstić information content (AvgIpc) is 2.93. The second kappa shape index (κ2) is 8.19. The molecule has 2 unspecified atom stereocenters. The standard InChI is InChI=1S/C22H30FN3O2/c23-19-7-5-15(6-8-19)21(27)25-9-2-10-26(12-11-25)22(28)18-13-16-3-1-4-17(14-18)20(16)24/h5-8,16-18,20H,1-4,9-14,24H2. The van der Waals surface area contributed by atoms with Crippen LogP contribution in [0.5, 0.6) is 0 Å². The highest BCUT2D eigenvalue weighted by molar-refractivity contribution is 5.94. The summed E-state index contributed by atoms with van der Waals surface area (Å²) in [5, 5.41) is 0. The van der Waals surface area contributed by atoms with Crippen LogP contribution >= 0.6 is 0 Å². The minimum atomic E-state index is -0.346. The molecule has 1 saturated heterocycles. The summed E-state index contributed by atoms with van der Waals surface area (Å²) in [5.41, 5.74) is 6.87. The lowest BCUT2D eigenvalue weighted by molar-refractivity contribution is -0.138. The van der Waals surface area contributed by atoms with E-state index in [0.717, 1.165) is 32.1 Å². The van der Waals surface area contributed by atoms with Crippen LogP contribution in [0, 0.1) is 23.6 Å². The lowest BCUT2D eigenvalue weighted by Crippen LogP contribution is -2.50. The topological polar surface area (TPSA) is 66.6 Å². The normalized spacial score (nSPS) is 30.6. The number of hydrogen-bond donors (Lipinski definition) is 1. The van der Waals surface area contributed by atoms with Crippen LogP contribution in [-0.4, -0.2) is 53.8 Å². The van der Waals surface area contributed by atoms with Gasteiger partial charge in [0.15, 0.2) is 0 Å². The Bertz CT molecular complexity index is 709. The van der Waals surface area contributed by atoms with E-state index < -0.39 is 0 Å². The molecule has 1 aliphatic heterocycles. The van der Waals surface area contributed by atoms with Gasteiger partial charge in [0.2, 0.25) is 5.91 Å². The second-order valence-corrected chi connectivity index (χ2v) is 8.67. The molecular weight excluding hydrogens is 357 g/mol. The third-order valence-corrected chi connectivity index (χ3v) is 6.95. The Labute approximate surface area is 166 Å². The first-order chi connectivity index (χ1) is 13.5. The molecule has 1 heterocycles. The van der Waals surface area contributed by atoms with E-state index in [-0.39, 0.29) is 29.6 Å². The first-order valence-electron chi connectivity index (χ1n) is 10.6. The SMILES string of the molecule is NC1C2CCCC1CC(C(=O)N1CCCN(C(=O)c3ccc(F)cc3)CC1)C2. The Morgan fingerprint density at radius 1 is 0.893 bits per heavy atom. The average molecular weight is 387 g/mol. The van der Waals surface area contributed by atoms with Gasteiger partial charge in [0, 0.05) is 43.7 Å². The van der Waals surface area contributed by atoms with Crippen LogP contribution in [0.25, 0.3) is 0 Å². The van der Waals surface area contributed by atoms with Gasteiger partial charge in [0.05, 0.1) is 0 Å². The number of hydrogen-bond acceptors (Lipinski definition) is 3. The zero-order valence-corrected chi connectivity index (χ0v) is 16.4. The fraction of sp³-hybridized carbons (Fsp3) is 0.636. The monoisotopic (exact) mass is 387 g/mol. The Morgan fingerprint density at radius 3 is 2.18 bits per heavy atom. The number of carbonyl (C=O) groups excluding carboxylic acids is 2. The molecule has 0 aromatic heterocycles. The summed E-state index contributed by atoms with van der Waals surface area (Å²) in [5.74, 6) is 0.887. The van der Waals surface area contributed by atoms with E-state index in [9.17, 15) is 14.0 Å². The molecule has 1 aromatic carbocycles. The van der Waals surface area contributed by atoms with E-state index >= 15 is 0 Å². The molecule has 3 aliphatic rings.